The molecule has 0 spiro atoms. The lowest BCUT2D eigenvalue weighted by atomic mass is 10.0. The first-order valence-corrected chi connectivity index (χ1v) is 11.9. The average molecular weight is 432 g/mol. The molecule has 1 amide bonds. The quantitative estimate of drug-likeness (QED) is 0.729. The summed E-state index contributed by atoms with van der Waals surface area (Å²) < 4.78 is 31.4. The summed E-state index contributed by atoms with van der Waals surface area (Å²) in [5.74, 6) is -0.264. The van der Waals surface area contributed by atoms with E-state index < -0.39 is 15.9 Å². The zero-order valence-corrected chi connectivity index (χ0v) is 18.5. The van der Waals surface area contributed by atoms with E-state index in [1.807, 2.05) is 50.2 Å². The Kier molecular flexibility index (Phi) is 6.99. The lowest BCUT2D eigenvalue weighted by molar-refractivity contribution is -0.114. The van der Waals surface area contributed by atoms with E-state index in [0.717, 1.165) is 30.6 Å². The Hall–Kier alpha value is -2.58. The molecule has 2 aromatic rings. The SMILES string of the molecule is CC(C)c1ccccc1N(CC(=O)Nc1ccc(N2CCOCC2)cc1)S(C)(=O)=O. The topological polar surface area (TPSA) is 79.0 Å². The summed E-state index contributed by atoms with van der Waals surface area (Å²) in [6.45, 7) is 6.79. The summed E-state index contributed by atoms with van der Waals surface area (Å²) in [6, 6.07) is 14.8. The molecule has 162 valence electrons. The summed E-state index contributed by atoms with van der Waals surface area (Å²) in [6.07, 6.45) is 1.12. The van der Waals surface area contributed by atoms with Crippen molar-refractivity contribution in [2.75, 3.05) is 53.6 Å². The molecule has 0 saturated carbocycles. The summed E-state index contributed by atoms with van der Waals surface area (Å²) in [5.41, 5.74) is 3.11. The van der Waals surface area contributed by atoms with Crippen molar-refractivity contribution < 1.29 is 17.9 Å². The van der Waals surface area contributed by atoms with Crippen LogP contribution in [0.4, 0.5) is 17.1 Å². The molecule has 8 heteroatoms. The molecule has 1 saturated heterocycles. The van der Waals surface area contributed by atoms with E-state index in [-0.39, 0.29) is 12.5 Å². The Bertz CT molecular complexity index is 968. The van der Waals surface area contributed by atoms with Gasteiger partial charge in [-0.1, -0.05) is 32.0 Å². The molecule has 0 radical (unpaired) electrons. The smallest absolute Gasteiger partial charge is 0.245 e. The number of anilines is 3. The van der Waals surface area contributed by atoms with Crippen LogP contribution in [-0.2, 0) is 19.6 Å². The van der Waals surface area contributed by atoms with E-state index in [4.69, 9.17) is 4.74 Å². The summed E-state index contributed by atoms with van der Waals surface area (Å²) >= 11 is 0. The predicted octanol–water partition coefficient (Wildman–Crippen LogP) is 3.05. The van der Waals surface area contributed by atoms with Crippen molar-refractivity contribution in [1.29, 1.82) is 0 Å². The Morgan fingerprint density at radius 3 is 2.33 bits per heavy atom. The first-order valence-electron chi connectivity index (χ1n) is 10.0. The van der Waals surface area contributed by atoms with Crippen LogP contribution in [0.15, 0.2) is 48.5 Å². The van der Waals surface area contributed by atoms with Gasteiger partial charge < -0.3 is 15.0 Å². The van der Waals surface area contributed by atoms with Crippen molar-refractivity contribution >= 4 is 33.0 Å². The van der Waals surface area contributed by atoms with Gasteiger partial charge in [-0.25, -0.2) is 8.42 Å². The molecular formula is C22H29N3O4S. The van der Waals surface area contributed by atoms with Gasteiger partial charge in [0.2, 0.25) is 15.9 Å². The third-order valence-corrected chi connectivity index (χ3v) is 6.17. The fourth-order valence-corrected chi connectivity index (χ4v) is 4.37. The average Bonchev–Trinajstić information content (AvgIpc) is 2.72. The van der Waals surface area contributed by atoms with E-state index in [9.17, 15) is 13.2 Å². The fourth-order valence-electron chi connectivity index (χ4n) is 3.49. The third kappa shape index (κ3) is 5.52. The maximum atomic E-state index is 12.7. The van der Waals surface area contributed by atoms with Gasteiger partial charge in [0.1, 0.15) is 6.54 Å². The number of ether oxygens (including phenoxy) is 1. The van der Waals surface area contributed by atoms with E-state index in [1.165, 1.54) is 4.31 Å². The minimum atomic E-state index is -3.63. The molecule has 1 aliphatic rings. The van der Waals surface area contributed by atoms with Crippen LogP contribution >= 0.6 is 0 Å². The zero-order valence-electron chi connectivity index (χ0n) is 17.7. The molecule has 1 N–H and O–H groups in total. The van der Waals surface area contributed by atoms with Crippen molar-refractivity contribution in [1.82, 2.24) is 0 Å². The van der Waals surface area contributed by atoms with Crippen LogP contribution in [0, 0.1) is 0 Å². The van der Waals surface area contributed by atoms with Crippen LogP contribution in [0.3, 0.4) is 0 Å². The van der Waals surface area contributed by atoms with Crippen molar-refractivity contribution in [3.63, 3.8) is 0 Å². The molecular weight excluding hydrogens is 402 g/mol. The highest BCUT2D eigenvalue weighted by Gasteiger charge is 2.24. The number of carbonyl (C=O) groups is 1. The van der Waals surface area contributed by atoms with Gasteiger partial charge in [0.15, 0.2) is 0 Å². The molecule has 3 rings (SSSR count). The van der Waals surface area contributed by atoms with E-state index in [0.29, 0.717) is 24.6 Å². The molecule has 1 fully saturated rings. The minimum Gasteiger partial charge on any atom is -0.378 e. The molecule has 0 bridgehead atoms. The van der Waals surface area contributed by atoms with Gasteiger partial charge in [0.25, 0.3) is 0 Å². The number of hydrogen-bond acceptors (Lipinski definition) is 5. The van der Waals surface area contributed by atoms with Crippen LogP contribution in [0.2, 0.25) is 0 Å². The maximum absolute atomic E-state index is 12.7. The summed E-state index contributed by atoms with van der Waals surface area (Å²) in [5, 5.41) is 2.80. The fraction of sp³-hybridized carbons (Fsp3) is 0.409. The number of benzene rings is 2. The third-order valence-electron chi connectivity index (χ3n) is 5.04. The van der Waals surface area contributed by atoms with E-state index >= 15 is 0 Å². The first-order chi connectivity index (χ1) is 14.3. The number of rotatable bonds is 7. The highest BCUT2D eigenvalue weighted by atomic mass is 32.2. The lowest BCUT2D eigenvalue weighted by Crippen LogP contribution is -2.38. The molecule has 1 heterocycles. The predicted molar refractivity (Wildman–Crippen MR) is 121 cm³/mol. The maximum Gasteiger partial charge on any atom is 0.245 e. The van der Waals surface area contributed by atoms with Gasteiger partial charge in [-0.15, -0.1) is 0 Å². The molecule has 30 heavy (non-hydrogen) atoms. The Labute approximate surface area is 178 Å². The second-order valence-corrected chi connectivity index (χ2v) is 9.58. The number of hydrogen-bond donors (Lipinski definition) is 1. The van der Waals surface area contributed by atoms with Crippen molar-refractivity contribution in [3.8, 4) is 0 Å². The number of nitrogens with one attached hydrogen (secondary N) is 1. The molecule has 0 aromatic heterocycles. The lowest BCUT2D eigenvalue weighted by Gasteiger charge is -2.29. The molecule has 0 unspecified atom stereocenters. The van der Waals surface area contributed by atoms with Crippen LogP contribution in [0.1, 0.15) is 25.3 Å². The van der Waals surface area contributed by atoms with Crippen molar-refractivity contribution in [3.05, 3.63) is 54.1 Å². The highest BCUT2D eigenvalue weighted by Crippen LogP contribution is 2.29. The van der Waals surface area contributed by atoms with Crippen molar-refractivity contribution in [2.45, 2.75) is 19.8 Å². The second-order valence-electron chi connectivity index (χ2n) is 7.68. The number of nitrogens with zero attached hydrogens (tertiary/aromatic N) is 2. The minimum absolute atomic E-state index is 0.126. The zero-order chi connectivity index (χ0) is 21.7. The van der Waals surface area contributed by atoms with Crippen LogP contribution in [-0.4, -0.2) is 53.4 Å². The molecule has 0 aliphatic carbocycles. The van der Waals surface area contributed by atoms with Gasteiger partial charge >= 0.3 is 0 Å². The first kappa shape index (κ1) is 22.1. The van der Waals surface area contributed by atoms with Gasteiger partial charge in [0.05, 0.1) is 25.2 Å². The monoisotopic (exact) mass is 431 g/mol. The normalized spacial score (nSPS) is 14.6. The van der Waals surface area contributed by atoms with Gasteiger partial charge in [0, 0.05) is 24.5 Å². The molecule has 1 aliphatic heterocycles. The Balaban J connectivity index is 1.73. The Morgan fingerprint density at radius 1 is 1.10 bits per heavy atom. The number of sulfonamides is 1. The van der Waals surface area contributed by atoms with Gasteiger partial charge in [-0.2, -0.15) is 0 Å². The summed E-state index contributed by atoms with van der Waals surface area (Å²) in [7, 11) is -3.63. The van der Waals surface area contributed by atoms with Gasteiger partial charge in [-0.3, -0.25) is 9.10 Å². The Morgan fingerprint density at radius 2 is 1.73 bits per heavy atom. The van der Waals surface area contributed by atoms with Gasteiger partial charge in [-0.05, 0) is 41.8 Å². The molecule has 7 nitrogen and oxygen atoms in total. The number of morpholine rings is 1. The number of amides is 1. The number of carbonyl (C=O) groups excluding carboxylic acids is 1. The second kappa shape index (κ2) is 9.49. The molecule has 2 aromatic carbocycles. The van der Waals surface area contributed by atoms with E-state index in [2.05, 4.69) is 10.2 Å². The summed E-state index contributed by atoms with van der Waals surface area (Å²) in [4.78, 5) is 14.9. The van der Waals surface area contributed by atoms with Crippen molar-refractivity contribution in [2.24, 2.45) is 0 Å². The van der Waals surface area contributed by atoms with Crippen LogP contribution in [0.25, 0.3) is 0 Å². The van der Waals surface area contributed by atoms with E-state index in [1.54, 1.807) is 12.1 Å². The van der Waals surface area contributed by atoms with Crippen LogP contribution in [0.5, 0.6) is 0 Å². The largest absolute Gasteiger partial charge is 0.378 e. The van der Waals surface area contributed by atoms with Crippen LogP contribution < -0.4 is 14.5 Å². The molecule has 0 atom stereocenters. The number of para-hydroxylation sites is 1. The highest BCUT2D eigenvalue weighted by molar-refractivity contribution is 7.92. The standard InChI is InChI=1S/C22H29N3O4S/c1-17(2)20-6-4-5-7-21(20)25(30(3,27)28)16-22(26)23-18-8-10-19(11-9-18)24-12-14-29-15-13-24/h4-11,17H,12-16H2,1-3H3,(H,23,26).